The second-order valence-corrected chi connectivity index (χ2v) is 5.77. The summed E-state index contributed by atoms with van der Waals surface area (Å²) in [6.45, 7) is 0. The molecule has 0 spiro atoms. The second kappa shape index (κ2) is 5.71. The average molecular weight is 288 g/mol. The van der Waals surface area contributed by atoms with E-state index in [2.05, 4.69) is 15.5 Å². The van der Waals surface area contributed by atoms with Crippen LogP contribution in [0.5, 0.6) is 0 Å². The van der Waals surface area contributed by atoms with Crippen molar-refractivity contribution in [2.24, 2.45) is 11.7 Å². The molecule has 1 aromatic heterocycles. The number of allylic oxidation sites excluding steroid dienone is 1. The average Bonchev–Trinajstić information content (AvgIpc) is 2.91. The number of aromatic amines is 1. The van der Waals surface area contributed by atoms with Crippen LogP contribution in [0.3, 0.4) is 0 Å². The third kappa shape index (κ3) is 2.70. The number of rotatable bonds is 3. The second-order valence-electron chi connectivity index (χ2n) is 5.77. The van der Waals surface area contributed by atoms with Gasteiger partial charge in [0.15, 0.2) is 5.69 Å². The molecule has 6 heteroatoms. The Bertz CT molecular complexity index is 590. The van der Waals surface area contributed by atoms with Crippen molar-refractivity contribution in [3.63, 3.8) is 0 Å². The topological polar surface area (TPSA) is 101 Å². The Hall–Kier alpha value is -2.11. The van der Waals surface area contributed by atoms with Gasteiger partial charge < -0.3 is 11.1 Å². The number of aryl methyl sites for hydroxylation is 1. The van der Waals surface area contributed by atoms with E-state index in [1.165, 1.54) is 0 Å². The summed E-state index contributed by atoms with van der Waals surface area (Å²) in [7, 11) is 0. The van der Waals surface area contributed by atoms with Gasteiger partial charge in [-0.1, -0.05) is 12.2 Å². The molecule has 2 aliphatic rings. The summed E-state index contributed by atoms with van der Waals surface area (Å²) in [4.78, 5) is 23.9. The van der Waals surface area contributed by atoms with E-state index in [0.717, 1.165) is 36.9 Å². The van der Waals surface area contributed by atoms with Crippen molar-refractivity contribution in [3.8, 4) is 0 Å². The molecular formula is C15H20N4O2. The number of nitrogens with zero attached hydrogens (tertiary/aromatic N) is 1. The molecule has 0 aliphatic heterocycles. The monoisotopic (exact) mass is 288 g/mol. The largest absolute Gasteiger partial charge is 0.369 e. The van der Waals surface area contributed by atoms with E-state index in [1.807, 2.05) is 12.2 Å². The molecule has 2 aliphatic carbocycles. The van der Waals surface area contributed by atoms with Crippen molar-refractivity contribution in [2.45, 2.75) is 44.6 Å². The highest BCUT2D eigenvalue weighted by atomic mass is 16.2. The van der Waals surface area contributed by atoms with Gasteiger partial charge in [0.25, 0.3) is 5.91 Å². The van der Waals surface area contributed by atoms with Gasteiger partial charge in [-0.2, -0.15) is 5.10 Å². The molecule has 2 amide bonds. The summed E-state index contributed by atoms with van der Waals surface area (Å²) < 4.78 is 0. The van der Waals surface area contributed by atoms with E-state index < -0.39 is 0 Å². The van der Waals surface area contributed by atoms with Crippen LogP contribution >= 0.6 is 0 Å². The SMILES string of the molecule is NC(=O)[C@@H]1CC=CC[C@H]1NC(=O)c1n[nH]c2c1CCCC2. The van der Waals surface area contributed by atoms with Crippen molar-refractivity contribution in [2.75, 3.05) is 0 Å². The number of carbonyl (C=O) groups is 2. The highest BCUT2D eigenvalue weighted by Crippen LogP contribution is 2.23. The van der Waals surface area contributed by atoms with E-state index in [-0.39, 0.29) is 23.8 Å². The van der Waals surface area contributed by atoms with Gasteiger partial charge >= 0.3 is 0 Å². The summed E-state index contributed by atoms with van der Waals surface area (Å²) in [6, 6.07) is -0.240. The van der Waals surface area contributed by atoms with E-state index in [9.17, 15) is 9.59 Å². The lowest BCUT2D eigenvalue weighted by Gasteiger charge is -2.26. The molecule has 1 aromatic rings. The van der Waals surface area contributed by atoms with Crippen LogP contribution in [0.1, 0.15) is 47.4 Å². The van der Waals surface area contributed by atoms with Gasteiger partial charge in [0, 0.05) is 17.3 Å². The molecule has 4 N–H and O–H groups in total. The molecule has 0 saturated heterocycles. The van der Waals surface area contributed by atoms with Gasteiger partial charge in [0.05, 0.1) is 5.92 Å². The van der Waals surface area contributed by atoms with E-state index in [4.69, 9.17) is 5.73 Å². The fraction of sp³-hybridized carbons (Fsp3) is 0.533. The van der Waals surface area contributed by atoms with Crippen molar-refractivity contribution in [3.05, 3.63) is 29.1 Å². The van der Waals surface area contributed by atoms with Crippen molar-refractivity contribution >= 4 is 11.8 Å². The maximum absolute atomic E-state index is 12.4. The zero-order valence-corrected chi connectivity index (χ0v) is 11.9. The molecule has 112 valence electrons. The predicted octanol–water partition coefficient (Wildman–Crippen LogP) is 0.838. The van der Waals surface area contributed by atoms with Gasteiger partial charge in [0.1, 0.15) is 0 Å². The van der Waals surface area contributed by atoms with Gasteiger partial charge in [-0.05, 0) is 38.5 Å². The molecule has 0 unspecified atom stereocenters. The van der Waals surface area contributed by atoms with E-state index in [0.29, 0.717) is 18.5 Å². The molecule has 21 heavy (non-hydrogen) atoms. The molecule has 0 saturated carbocycles. The lowest BCUT2D eigenvalue weighted by molar-refractivity contribution is -0.122. The molecule has 2 atom stereocenters. The summed E-state index contributed by atoms with van der Waals surface area (Å²) in [5, 5.41) is 10.1. The Morgan fingerprint density at radius 2 is 2.00 bits per heavy atom. The zero-order valence-electron chi connectivity index (χ0n) is 11.9. The number of carbonyl (C=O) groups excluding carboxylic acids is 2. The Kier molecular flexibility index (Phi) is 3.77. The van der Waals surface area contributed by atoms with Crippen molar-refractivity contribution in [1.29, 1.82) is 0 Å². The Labute approximate surface area is 123 Å². The van der Waals surface area contributed by atoms with E-state index >= 15 is 0 Å². The van der Waals surface area contributed by atoms with Crippen LogP contribution in [0.15, 0.2) is 12.2 Å². The quantitative estimate of drug-likeness (QED) is 0.718. The van der Waals surface area contributed by atoms with Gasteiger partial charge in [-0.25, -0.2) is 0 Å². The minimum Gasteiger partial charge on any atom is -0.369 e. The molecule has 0 bridgehead atoms. The number of fused-ring (bicyclic) bond motifs is 1. The highest BCUT2D eigenvalue weighted by Gasteiger charge is 2.30. The first-order chi connectivity index (χ1) is 10.2. The number of H-pyrrole nitrogens is 1. The normalized spacial score (nSPS) is 24.4. The van der Waals surface area contributed by atoms with Crippen LogP contribution in [0.2, 0.25) is 0 Å². The van der Waals surface area contributed by atoms with Gasteiger partial charge in [-0.3, -0.25) is 14.7 Å². The third-order valence-electron chi connectivity index (χ3n) is 4.39. The Morgan fingerprint density at radius 1 is 1.24 bits per heavy atom. The number of primary amides is 1. The number of nitrogens with one attached hydrogen (secondary N) is 2. The van der Waals surface area contributed by atoms with Crippen LogP contribution < -0.4 is 11.1 Å². The predicted molar refractivity (Wildman–Crippen MR) is 77.5 cm³/mol. The number of amides is 2. The summed E-state index contributed by atoms with van der Waals surface area (Å²) in [5.41, 5.74) is 7.99. The van der Waals surface area contributed by atoms with Gasteiger partial charge in [0.2, 0.25) is 5.91 Å². The van der Waals surface area contributed by atoms with Crippen LogP contribution in [-0.4, -0.2) is 28.1 Å². The van der Waals surface area contributed by atoms with Crippen LogP contribution in [0.25, 0.3) is 0 Å². The number of nitrogens with two attached hydrogens (primary N) is 1. The molecule has 6 nitrogen and oxygen atoms in total. The van der Waals surface area contributed by atoms with Crippen LogP contribution in [-0.2, 0) is 17.6 Å². The van der Waals surface area contributed by atoms with Crippen LogP contribution in [0, 0.1) is 5.92 Å². The smallest absolute Gasteiger partial charge is 0.272 e. The first-order valence-electron chi connectivity index (χ1n) is 7.48. The Balaban J connectivity index is 1.75. The molecule has 3 rings (SSSR count). The third-order valence-corrected chi connectivity index (χ3v) is 4.39. The lowest BCUT2D eigenvalue weighted by atomic mass is 9.88. The lowest BCUT2D eigenvalue weighted by Crippen LogP contribution is -2.46. The first-order valence-corrected chi connectivity index (χ1v) is 7.48. The van der Waals surface area contributed by atoms with Gasteiger partial charge in [-0.15, -0.1) is 0 Å². The zero-order chi connectivity index (χ0) is 14.8. The molecular weight excluding hydrogens is 268 g/mol. The maximum Gasteiger partial charge on any atom is 0.272 e. The molecule has 0 fully saturated rings. The molecule has 0 aromatic carbocycles. The molecule has 1 heterocycles. The standard InChI is InChI=1S/C15H20N4O2/c16-14(20)10-6-2-3-7-11(10)17-15(21)13-9-5-1-4-8-12(9)18-19-13/h2-3,10-11H,1,4-8H2,(H2,16,20)(H,17,21)(H,18,19)/t10-,11-/m1/s1. The highest BCUT2D eigenvalue weighted by molar-refractivity contribution is 5.94. The Morgan fingerprint density at radius 3 is 2.81 bits per heavy atom. The minimum absolute atomic E-state index is 0.207. The summed E-state index contributed by atoms with van der Waals surface area (Å²) in [6.07, 6.45) is 9.18. The number of hydrogen-bond donors (Lipinski definition) is 3. The number of aromatic nitrogens is 2. The van der Waals surface area contributed by atoms with Crippen molar-refractivity contribution in [1.82, 2.24) is 15.5 Å². The first kappa shape index (κ1) is 13.9. The van der Waals surface area contributed by atoms with Crippen molar-refractivity contribution < 1.29 is 9.59 Å². The fourth-order valence-corrected chi connectivity index (χ4v) is 3.19. The van der Waals surface area contributed by atoms with Crippen LogP contribution in [0.4, 0.5) is 0 Å². The van der Waals surface area contributed by atoms with E-state index in [1.54, 1.807) is 0 Å². The fourth-order valence-electron chi connectivity index (χ4n) is 3.19. The summed E-state index contributed by atoms with van der Waals surface area (Å²) >= 11 is 0. The minimum atomic E-state index is -0.367. The molecule has 0 radical (unpaired) electrons. The number of hydrogen-bond acceptors (Lipinski definition) is 3. The summed E-state index contributed by atoms with van der Waals surface area (Å²) in [5.74, 6) is -0.914. The maximum atomic E-state index is 12.4.